The molecule has 1 unspecified atom stereocenters. The number of carbonyl (C=O) groups is 2. The van der Waals surface area contributed by atoms with Gasteiger partial charge in [-0.1, -0.05) is 18.2 Å². The first-order chi connectivity index (χ1) is 15.5. The lowest BCUT2D eigenvalue weighted by molar-refractivity contribution is -0.137. The van der Waals surface area contributed by atoms with Crippen LogP contribution in [0.2, 0.25) is 0 Å². The molecule has 2 amide bonds. The SMILES string of the molecule is Cc1ccc(N2CC(C(=O)N3CCC(Oc4nc5ccccc5o4)CC3)CC2=O)cc1C. The molecule has 0 aliphatic carbocycles. The molecule has 0 spiro atoms. The van der Waals surface area contributed by atoms with E-state index in [1.54, 1.807) is 4.90 Å². The van der Waals surface area contributed by atoms with E-state index in [9.17, 15) is 9.59 Å². The molecule has 0 N–H and O–H groups in total. The van der Waals surface area contributed by atoms with Crippen molar-refractivity contribution in [3.63, 3.8) is 0 Å². The van der Waals surface area contributed by atoms with E-state index in [1.807, 2.05) is 54.3 Å². The predicted octanol–water partition coefficient (Wildman–Crippen LogP) is 3.87. The molecular formula is C25H27N3O4. The highest BCUT2D eigenvalue weighted by Crippen LogP contribution is 2.29. The maximum atomic E-state index is 13.1. The van der Waals surface area contributed by atoms with Crippen molar-refractivity contribution >= 4 is 28.6 Å². The number of fused-ring (bicyclic) bond motifs is 1. The zero-order valence-corrected chi connectivity index (χ0v) is 18.4. The average Bonchev–Trinajstić information content (AvgIpc) is 3.38. The lowest BCUT2D eigenvalue weighted by Crippen LogP contribution is -2.44. The number of hydrogen-bond donors (Lipinski definition) is 0. The van der Waals surface area contributed by atoms with E-state index >= 15 is 0 Å². The van der Waals surface area contributed by atoms with E-state index in [0.717, 1.165) is 16.8 Å². The summed E-state index contributed by atoms with van der Waals surface area (Å²) in [6.07, 6.45) is 1.94. The fraction of sp³-hybridized carbons (Fsp3) is 0.400. The van der Waals surface area contributed by atoms with Crippen molar-refractivity contribution in [1.82, 2.24) is 9.88 Å². The number of para-hydroxylation sites is 2. The first-order valence-corrected chi connectivity index (χ1v) is 11.2. The second-order valence-electron chi connectivity index (χ2n) is 8.76. The van der Waals surface area contributed by atoms with Crippen LogP contribution in [0.4, 0.5) is 5.69 Å². The third-order valence-corrected chi connectivity index (χ3v) is 6.57. The van der Waals surface area contributed by atoms with E-state index < -0.39 is 0 Å². The molecule has 2 aromatic carbocycles. The maximum Gasteiger partial charge on any atom is 0.394 e. The number of hydrogen-bond acceptors (Lipinski definition) is 5. The van der Waals surface area contributed by atoms with Crippen LogP contribution in [-0.2, 0) is 9.59 Å². The Morgan fingerprint density at radius 2 is 1.88 bits per heavy atom. The van der Waals surface area contributed by atoms with Gasteiger partial charge in [-0.05, 0) is 49.2 Å². The molecule has 1 aromatic heterocycles. The van der Waals surface area contributed by atoms with Gasteiger partial charge in [-0.15, -0.1) is 0 Å². The zero-order valence-electron chi connectivity index (χ0n) is 18.4. The molecule has 32 heavy (non-hydrogen) atoms. The topological polar surface area (TPSA) is 75.9 Å². The molecule has 166 valence electrons. The minimum Gasteiger partial charge on any atom is -0.447 e. The monoisotopic (exact) mass is 433 g/mol. The molecule has 0 radical (unpaired) electrons. The third kappa shape index (κ3) is 3.95. The first kappa shape index (κ1) is 20.5. The Balaban J connectivity index is 1.17. The van der Waals surface area contributed by atoms with Crippen molar-refractivity contribution in [3.8, 4) is 6.08 Å². The molecule has 2 aliphatic heterocycles. The number of anilines is 1. The number of amides is 2. The number of carbonyl (C=O) groups excluding carboxylic acids is 2. The Bertz CT molecular complexity index is 1130. The normalized spacial score (nSPS) is 19.7. The number of likely N-dealkylation sites (tertiary alicyclic amines) is 1. The van der Waals surface area contributed by atoms with Crippen LogP contribution in [0.25, 0.3) is 11.1 Å². The molecule has 0 saturated carbocycles. The Labute approximate surface area is 187 Å². The fourth-order valence-electron chi connectivity index (χ4n) is 4.51. The fourth-order valence-corrected chi connectivity index (χ4v) is 4.51. The van der Waals surface area contributed by atoms with E-state index in [-0.39, 0.29) is 36.3 Å². The second kappa shape index (κ2) is 8.30. The summed E-state index contributed by atoms with van der Waals surface area (Å²) in [5.41, 5.74) is 4.68. The summed E-state index contributed by atoms with van der Waals surface area (Å²) in [6, 6.07) is 13.6. The van der Waals surface area contributed by atoms with Crippen LogP contribution in [-0.4, -0.2) is 47.4 Å². The van der Waals surface area contributed by atoms with Crippen molar-refractivity contribution in [2.75, 3.05) is 24.5 Å². The van der Waals surface area contributed by atoms with Crippen molar-refractivity contribution in [2.24, 2.45) is 5.92 Å². The smallest absolute Gasteiger partial charge is 0.394 e. The summed E-state index contributed by atoms with van der Waals surface area (Å²) in [7, 11) is 0. The molecule has 1 atom stereocenters. The van der Waals surface area contributed by atoms with Crippen LogP contribution < -0.4 is 9.64 Å². The molecule has 7 nitrogen and oxygen atoms in total. The van der Waals surface area contributed by atoms with E-state index in [2.05, 4.69) is 11.9 Å². The van der Waals surface area contributed by atoms with Crippen molar-refractivity contribution in [2.45, 2.75) is 39.2 Å². The number of ether oxygens (including phenoxy) is 1. The summed E-state index contributed by atoms with van der Waals surface area (Å²) in [6.45, 7) is 5.75. The summed E-state index contributed by atoms with van der Waals surface area (Å²) in [5, 5.41) is 0. The van der Waals surface area contributed by atoms with Gasteiger partial charge in [0.1, 0.15) is 11.6 Å². The summed E-state index contributed by atoms with van der Waals surface area (Å²) >= 11 is 0. The van der Waals surface area contributed by atoms with Gasteiger partial charge in [-0.2, -0.15) is 4.98 Å². The molecule has 2 saturated heterocycles. The predicted molar refractivity (Wildman–Crippen MR) is 121 cm³/mol. The number of benzene rings is 2. The summed E-state index contributed by atoms with van der Waals surface area (Å²) < 4.78 is 11.6. The van der Waals surface area contributed by atoms with Gasteiger partial charge in [-0.25, -0.2) is 0 Å². The molecule has 3 heterocycles. The van der Waals surface area contributed by atoms with E-state index in [0.29, 0.717) is 38.1 Å². The molecular weight excluding hydrogens is 406 g/mol. The van der Waals surface area contributed by atoms with Crippen molar-refractivity contribution in [1.29, 1.82) is 0 Å². The maximum absolute atomic E-state index is 13.1. The minimum atomic E-state index is -0.293. The van der Waals surface area contributed by atoms with Crippen LogP contribution in [0, 0.1) is 19.8 Å². The minimum absolute atomic E-state index is 0.0146. The van der Waals surface area contributed by atoms with Gasteiger partial charge in [0.25, 0.3) is 0 Å². The molecule has 5 rings (SSSR count). The van der Waals surface area contributed by atoms with Gasteiger partial charge in [0.15, 0.2) is 5.58 Å². The highest BCUT2D eigenvalue weighted by molar-refractivity contribution is 6.00. The van der Waals surface area contributed by atoms with Crippen LogP contribution in [0.15, 0.2) is 46.9 Å². The zero-order chi connectivity index (χ0) is 22.2. The molecule has 2 aliphatic rings. The number of rotatable bonds is 4. The lowest BCUT2D eigenvalue weighted by atomic mass is 10.0. The Hall–Kier alpha value is -3.35. The first-order valence-electron chi connectivity index (χ1n) is 11.2. The van der Waals surface area contributed by atoms with Crippen LogP contribution in [0.5, 0.6) is 6.08 Å². The molecule has 7 heteroatoms. The standard InChI is InChI=1S/C25H27N3O4/c1-16-7-8-19(13-17(16)2)28-15-18(14-23(28)29)24(30)27-11-9-20(10-12-27)31-25-26-21-5-3-4-6-22(21)32-25/h3-8,13,18,20H,9-12,14-15H2,1-2H3. The van der Waals surface area contributed by atoms with Crippen LogP contribution >= 0.6 is 0 Å². The molecule has 3 aromatic rings. The van der Waals surface area contributed by atoms with Crippen molar-refractivity contribution in [3.05, 3.63) is 53.6 Å². The summed E-state index contributed by atoms with van der Waals surface area (Å²) in [4.78, 5) is 33.7. The third-order valence-electron chi connectivity index (χ3n) is 6.57. The Kier molecular flexibility index (Phi) is 5.33. The van der Waals surface area contributed by atoms with Crippen LogP contribution in [0.1, 0.15) is 30.4 Å². The largest absolute Gasteiger partial charge is 0.447 e. The Morgan fingerprint density at radius 1 is 1.09 bits per heavy atom. The highest BCUT2D eigenvalue weighted by atomic mass is 16.6. The van der Waals surface area contributed by atoms with Gasteiger partial charge >= 0.3 is 6.08 Å². The van der Waals surface area contributed by atoms with Gasteiger partial charge in [-0.3, -0.25) is 9.59 Å². The average molecular weight is 434 g/mol. The van der Waals surface area contributed by atoms with Gasteiger partial charge in [0, 0.05) is 44.6 Å². The van der Waals surface area contributed by atoms with E-state index in [4.69, 9.17) is 9.15 Å². The number of nitrogens with zero attached hydrogens (tertiary/aromatic N) is 3. The molecule has 2 fully saturated rings. The number of piperidine rings is 1. The van der Waals surface area contributed by atoms with Gasteiger partial charge in [0.05, 0.1) is 5.92 Å². The number of aromatic nitrogens is 1. The van der Waals surface area contributed by atoms with Crippen molar-refractivity contribution < 1.29 is 18.7 Å². The van der Waals surface area contributed by atoms with E-state index in [1.165, 1.54) is 5.56 Å². The summed E-state index contributed by atoms with van der Waals surface area (Å²) in [5.74, 6) is -0.218. The second-order valence-corrected chi connectivity index (χ2v) is 8.76. The quantitative estimate of drug-likeness (QED) is 0.624. The Morgan fingerprint density at radius 3 is 2.62 bits per heavy atom. The molecule has 0 bridgehead atoms. The number of oxazole rings is 1. The van der Waals surface area contributed by atoms with Gasteiger partial charge < -0.3 is 19.0 Å². The lowest BCUT2D eigenvalue weighted by Gasteiger charge is -2.32. The highest BCUT2D eigenvalue weighted by Gasteiger charge is 2.38. The van der Waals surface area contributed by atoms with Crippen LogP contribution in [0.3, 0.4) is 0 Å². The number of aryl methyl sites for hydroxylation is 2. The van der Waals surface area contributed by atoms with Gasteiger partial charge in [0.2, 0.25) is 11.8 Å².